The molecule has 0 aromatic carbocycles. The summed E-state index contributed by atoms with van der Waals surface area (Å²) in [6.45, 7) is 1.76. The molecule has 0 bridgehead atoms. The smallest absolute Gasteiger partial charge is 0.331 e. The Balaban J connectivity index is 2.57. The number of rotatable bonds is 3. The van der Waals surface area contributed by atoms with Crippen LogP contribution in [0.5, 0.6) is 0 Å². The Hall–Kier alpha value is -0.930. The normalized spacial score (nSPS) is 22.7. The van der Waals surface area contributed by atoms with Gasteiger partial charge in [-0.15, -0.1) is 0 Å². The third-order valence-electron chi connectivity index (χ3n) is 2.85. The lowest BCUT2D eigenvalue weighted by Gasteiger charge is -2.26. The molecule has 0 aromatic rings. The second-order valence-electron chi connectivity index (χ2n) is 4.04. The number of allylic oxidation sites excluding steroid dienone is 1. The average Bonchev–Trinajstić information content (AvgIpc) is 2.15. The summed E-state index contributed by atoms with van der Waals surface area (Å²) in [6.07, 6.45) is 2.64. The maximum absolute atomic E-state index is 12.8. The Morgan fingerprint density at radius 2 is 2.00 bits per heavy atom. The van der Waals surface area contributed by atoms with E-state index in [4.69, 9.17) is 5.11 Å². The van der Waals surface area contributed by atoms with Crippen molar-refractivity contribution >= 4 is 5.97 Å². The van der Waals surface area contributed by atoms with Crippen molar-refractivity contribution in [3.8, 4) is 0 Å². The van der Waals surface area contributed by atoms with Gasteiger partial charge in [0.25, 0.3) is 0 Å². The van der Waals surface area contributed by atoms with E-state index in [0.717, 1.165) is 0 Å². The minimum atomic E-state index is -2.54. The van der Waals surface area contributed by atoms with Crippen molar-refractivity contribution < 1.29 is 18.7 Å². The molecule has 4 heteroatoms. The van der Waals surface area contributed by atoms with Crippen LogP contribution >= 0.6 is 0 Å². The zero-order valence-electron chi connectivity index (χ0n) is 8.80. The zero-order valence-corrected chi connectivity index (χ0v) is 8.80. The van der Waals surface area contributed by atoms with Crippen LogP contribution in [0.4, 0.5) is 8.78 Å². The summed E-state index contributed by atoms with van der Waals surface area (Å²) < 4.78 is 25.6. The van der Waals surface area contributed by atoms with Crippen LogP contribution in [0.25, 0.3) is 0 Å². The van der Waals surface area contributed by atoms with Gasteiger partial charge in [-0.2, -0.15) is 0 Å². The van der Waals surface area contributed by atoms with Crippen LogP contribution in [-0.2, 0) is 4.79 Å². The first kappa shape index (κ1) is 12.1. The summed E-state index contributed by atoms with van der Waals surface area (Å²) >= 11 is 0. The number of halogens is 2. The van der Waals surface area contributed by atoms with E-state index in [1.165, 1.54) is 0 Å². The average molecular weight is 218 g/mol. The molecule has 0 heterocycles. The summed E-state index contributed by atoms with van der Waals surface area (Å²) in [5, 5.41) is 8.79. The third kappa shape index (κ3) is 3.61. The highest BCUT2D eigenvalue weighted by Gasteiger charge is 2.34. The van der Waals surface area contributed by atoms with Gasteiger partial charge in [-0.05, 0) is 25.2 Å². The van der Waals surface area contributed by atoms with Gasteiger partial charge in [0.1, 0.15) is 0 Å². The zero-order chi connectivity index (χ0) is 11.5. The van der Waals surface area contributed by atoms with E-state index in [1.807, 2.05) is 0 Å². The Kier molecular flexibility index (Phi) is 3.83. The maximum Gasteiger partial charge on any atom is 0.331 e. The summed E-state index contributed by atoms with van der Waals surface area (Å²) in [7, 11) is 0. The van der Waals surface area contributed by atoms with E-state index in [1.54, 1.807) is 13.0 Å². The quantitative estimate of drug-likeness (QED) is 0.738. The number of alkyl halides is 2. The fourth-order valence-corrected chi connectivity index (χ4v) is 1.85. The van der Waals surface area contributed by atoms with Crippen LogP contribution < -0.4 is 0 Å². The molecule has 0 unspecified atom stereocenters. The molecule has 1 aliphatic rings. The summed E-state index contributed by atoms with van der Waals surface area (Å²) in [5.41, 5.74) is 0.338. The van der Waals surface area contributed by atoms with Crippen LogP contribution in [-0.4, -0.2) is 17.0 Å². The van der Waals surface area contributed by atoms with Crippen molar-refractivity contribution in [3.63, 3.8) is 0 Å². The molecule has 1 N–H and O–H groups in total. The van der Waals surface area contributed by atoms with Crippen LogP contribution in [0, 0.1) is 5.92 Å². The number of hydrogen-bond donors (Lipinski definition) is 1. The maximum atomic E-state index is 12.8. The fraction of sp³-hybridized carbons (Fsp3) is 0.727. The molecule has 0 spiro atoms. The molecule has 0 amide bonds. The van der Waals surface area contributed by atoms with Gasteiger partial charge in [-0.1, -0.05) is 13.0 Å². The molecule has 0 aromatic heterocycles. The van der Waals surface area contributed by atoms with Crippen molar-refractivity contribution in [3.05, 3.63) is 11.6 Å². The third-order valence-corrected chi connectivity index (χ3v) is 2.85. The van der Waals surface area contributed by atoms with Crippen molar-refractivity contribution in [2.75, 3.05) is 0 Å². The molecule has 1 rings (SSSR count). The summed E-state index contributed by atoms with van der Waals surface area (Å²) in [5.74, 6) is -3.47. The Labute approximate surface area is 88.0 Å². The highest BCUT2D eigenvalue weighted by molar-refractivity contribution is 5.86. The Morgan fingerprint density at radius 3 is 2.40 bits per heavy atom. The topological polar surface area (TPSA) is 37.3 Å². The molecule has 0 saturated heterocycles. The van der Waals surface area contributed by atoms with Gasteiger partial charge in [0.05, 0.1) is 0 Å². The Bertz CT molecular complexity index is 262. The fourth-order valence-electron chi connectivity index (χ4n) is 1.85. The van der Waals surface area contributed by atoms with Crippen LogP contribution in [0.2, 0.25) is 0 Å². The number of carboxylic acid groups (broad SMARTS) is 1. The number of carbonyl (C=O) groups is 1. The van der Waals surface area contributed by atoms with Crippen LogP contribution in [0.3, 0.4) is 0 Å². The molecular weight excluding hydrogens is 202 g/mol. The second kappa shape index (κ2) is 4.73. The predicted molar refractivity (Wildman–Crippen MR) is 52.9 cm³/mol. The van der Waals surface area contributed by atoms with Gasteiger partial charge in [-0.3, -0.25) is 0 Å². The second-order valence-corrected chi connectivity index (χ2v) is 4.04. The molecule has 0 atom stereocenters. The minimum Gasteiger partial charge on any atom is -0.478 e. The largest absolute Gasteiger partial charge is 0.478 e. The number of hydrogen-bond acceptors (Lipinski definition) is 1. The number of carboxylic acids is 1. The van der Waals surface area contributed by atoms with Gasteiger partial charge < -0.3 is 5.11 Å². The summed E-state index contributed by atoms with van der Waals surface area (Å²) in [4.78, 5) is 10.7. The highest BCUT2D eigenvalue weighted by atomic mass is 19.3. The predicted octanol–water partition coefficient (Wildman–Crippen LogP) is 3.23. The van der Waals surface area contributed by atoms with Crippen molar-refractivity contribution in [1.82, 2.24) is 0 Å². The van der Waals surface area contributed by atoms with Crippen molar-refractivity contribution in [2.24, 2.45) is 5.92 Å². The SMILES string of the molecule is CCC(=CC1CCC(F)(F)CC1)C(=O)O. The molecule has 1 fully saturated rings. The molecule has 0 aliphatic heterocycles. The van der Waals surface area contributed by atoms with E-state index in [-0.39, 0.29) is 18.8 Å². The first-order valence-electron chi connectivity index (χ1n) is 5.26. The van der Waals surface area contributed by atoms with E-state index >= 15 is 0 Å². The number of aliphatic carboxylic acids is 1. The summed E-state index contributed by atoms with van der Waals surface area (Å²) in [6, 6.07) is 0. The van der Waals surface area contributed by atoms with Crippen molar-refractivity contribution in [2.45, 2.75) is 45.0 Å². The molecular formula is C11H16F2O2. The van der Waals surface area contributed by atoms with Gasteiger partial charge in [0.15, 0.2) is 0 Å². The molecule has 1 saturated carbocycles. The lowest BCUT2D eigenvalue weighted by molar-refractivity contribution is -0.132. The monoisotopic (exact) mass is 218 g/mol. The first-order chi connectivity index (χ1) is 6.94. The van der Waals surface area contributed by atoms with Crippen molar-refractivity contribution in [1.29, 1.82) is 0 Å². The van der Waals surface area contributed by atoms with Gasteiger partial charge >= 0.3 is 5.97 Å². The molecule has 0 radical (unpaired) electrons. The van der Waals surface area contributed by atoms with Crippen LogP contribution in [0.1, 0.15) is 39.0 Å². The van der Waals surface area contributed by atoms with E-state index in [0.29, 0.717) is 24.8 Å². The standard InChI is InChI=1S/C11H16F2O2/c1-2-9(10(14)15)7-8-3-5-11(12,13)6-4-8/h7-8H,2-6H2,1H3,(H,14,15). The van der Waals surface area contributed by atoms with Gasteiger partial charge in [-0.25, -0.2) is 13.6 Å². The van der Waals surface area contributed by atoms with Gasteiger partial charge in [0, 0.05) is 18.4 Å². The van der Waals surface area contributed by atoms with E-state index in [9.17, 15) is 13.6 Å². The minimum absolute atomic E-state index is 0.00988. The van der Waals surface area contributed by atoms with E-state index in [2.05, 4.69) is 0 Å². The molecule has 2 nitrogen and oxygen atoms in total. The van der Waals surface area contributed by atoms with Gasteiger partial charge in [0.2, 0.25) is 5.92 Å². The lowest BCUT2D eigenvalue weighted by Crippen LogP contribution is -2.24. The highest BCUT2D eigenvalue weighted by Crippen LogP contribution is 2.37. The van der Waals surface area contributed by atoms with E-state index < -0.39 is 11.9 Å². The Morgan fingerprint density at radius 1 is 1.47 bits per heavy atom. The lowest BCUT2D eigenvalue weighted by atomic mass is 9.85. The van der Waals surface area contributed by atoms with Crippen LogP contribution in [0.15, 0.2) is 11.6 Å². The molecule has 1 aliphatic carbocycles. The first-order valence-corrected chi connectivity index (χ1v) is 5.26. The molecule has 15 heavy (non-hydrogen) atoms. The molecule has 86 valence electrons.